The van der Waals surface area contributed by atoms with Gasteiger partial charge in [-0.15, -0.1) is 17.5 Å². The van der Waals surface area contributed by atoms with E-state index in [9.17, 15) is 0 Å². The molecule has 1 fully saturated rings. The molecule has 1 aliphatic heterocycles. The Kier molecular flexibility index (Phi) is 7.46. The average molecular weight is 441 g/mol. The van der Waals surface area contributed by atoms with Gasteiger partial charge in [-0.25, -0.2) is 4.68 Å². The second-order valence-corrected chi connectivity index (χ2v) is 9.23. The summed E-state index contributed by atoms with van der Waals surface area (Å²) in [5.41, 5.74) is 3.72. The largest absolute Gasteiger partial charge is 0.297 e. The van der Waals surface area contributed by atoms with Crippen LogP contribution in [-0.2, 0) is 12.1 Å². The zero-order chi connectivity index (χ0) is 21.1. The van der Waals surface area contributed by atoms with E-state index in [0.717, 1.165) is 38.5 Å². The van der Waals surface area contributed by atoms with Crippen LogP contribution in [0.2, 0.25) is 0 Å². The van der Waals surface area contributed by atoms with Crippen LogP contribution < -0.4 is 0 Å². The first-order chi connectivity index (χ1) is 14.4. The highest BCUT2D eigenvalue weighted by molar-refractivity contribution is 5.85. The van der Waals surface area contributed by atoms with Crippen molar-refractivity contribution in [1.29, 1.82) is 0 Å². The predicted molar refractivity (Wildman–Crippen MR) is 126 cm³/mol. The minimum Gasteiger partial charge on any atom is -0.297 e. The maximum atomic E-state index is 4.49. The van der Waals surface area contributed by atoms with E-state index in [-0.39, 0.29) is 24.0 Å². The first kappa shape index (κ1) is 23.4. The lowest BCUT2D eigenvalue weighted by Crippen LogP contribution is -2.48. The molecule has 0 N–H and O–H groups in total. The summed E-state index contributed by atoms with van der Waals surface area (Å²) < 4.78 is 1.98. The second-order valence-electron chi connectivity index (χ2n) is 9.23. The van der Waals surface area contributed by atoms with Crippen molar-refractivity contribution >= 4 is 12.4 Å². The molecule has 0 saturated carbocycles. The van der Waals surface area contributed by atoms with E-state index >= 15 is 0 Å². The Bertz CT molecular complexity index is 940. The number of benzene rings is 2. The van der Waals surface area contributed by atoms with E-state index in [1.807, 2.05) is 4.68 Å². The second kappa shape index (κ2) is 9.90. The highest BCUT2D eigenvalue weighted by atomic mass is 35.5. The highest BCUT2D eigenvalue weighted by Crippen LogP contribution is 2.30. The standard InChI is InChI=1S/C24H32N6.ClH/c1-19-10-12-21(13-11-19)22(23-25-26-27-30(23)24(2,3)4)29-16-14-28(15-17-29)18-20-8-6-5-7-9-20;/h5-13,22H,14-18H2,1-4H3;1H. The molecule has 1 aromatic heterocycles. The molecule has 0 bridgehead atoms. The summed E-state index contributed by atoms with van der Waals surface area (Å²) >= 11 is 0. The number of rotatable bonds is 5. The van der Waals surface area contributed by atoms with E-state index in [1.165, 1.54) is 16.7 Å². The lowest BCUT2D eigenvalue weighted by molar-refractivity contribution is 0.0979. The minimum atomic E-state index is -0.170. The fraction of sp³-hybridized carbons (Fsp3) is 0.458. The molecule has 2 aromatic carbocycles. The molecular formula is C24H33ClN6. The SMILES string of the molecule is Cc1ccc(C(c2nnnn2C(C)(C)C)N2CCN(Cc3ccccc3)CC2)cc1.Cl. The van der Waals surface area contributed by atoms with Gasteiger partial charge in [-0.05, 0) is 49.2 Å². The van der Waals surface area contributed by atoms with Crippen molar-refractivity contribution in [2.45, 2.75) is 45.8 Å². The molecule has 7 heteroatoms. The van der Waals surface area contributed by atoms with Gasteiger partial charge < -0.3 is 0 Å². The smallest absolute Gasteiger partial charge is 0.173 e. The zero-order valence-electron chi connectivity index (χ0n) is 18.9. The minimum absolute atomic E-state index is 0. The van der Waals surface area contributed by atoms with Crippen molar-refractivity contribution in [1.82, 2.24) is 30.0 Å². The summed E-state index contributed by atoms with van der Waals surface area (Å²) in [6.45, 7) is 13.6. The molecule has 31 heavy (non-hydrogen) atoms. The van der Waals surface area contributed by atoms with Crippen LogP contribution in [0.25, 0.3) is 0 Å². The number of aromatic nitrogens is 4. The first-order valence-corrected chi connectivity index (χ1v) is 10.8. The highest BCUT2D eigenvalue weighted by Gasteiger charge is 2.33. The maximum Gasteiger partial charge on any atom is 0.173 e. The summed E-state index contributed by atoms with van der Waals surface area (Å²) in [6.07, 6.45) is 0. The zero-order valence-corrected chi connectivity index (χ0v) is 19.7. The number of tetrazole rings is 1. The van der Waals surface area contributed by atoms with Crippen LogP contribution in [0.15, 0.2) is 54.6 Å². The quantitative estimate of drug-likeness (QED) is 0.598. The average Bonchev–Trinajstić information content (AvgIpc) is 3.22. The monoisotopic (exact) mass is 440 g/mol. The first-order valence-electron chi connectivity index (χ1n) is 10.8. The molecule has 2 heterocycles. The third-order valence-corrected chi connectivity index (χ3v) is 5.79. The number of aryl methyl sites for hydroxylation is 1. The van der Waals surface area contributed by atoms with E-state index < -0.39 is 0 Å². The van der Waals surface area contributed by atoms with Gasteiger partial charge in [0, 0.05) is 32.7 Å². The van der Waals surface area contributed by atoms with Gasteiger partial charge >= 0.3 is 0 Å². The lowest BCUT2D eigenvalue weighted by atomic mass is 10.0. The van der Waals surface area contributed by atoms with Crippen molar-refractivity contribution in [2.75, 3.05) is 26.2 Å². The van der Waals surface area contributed by atoms with Gasteiger partial charge in [0.2, 0.25) is 0 Å². The van der Waals surface area contributed by atoms with Crippen LogP contribution in [0, 0.1) is 6.92 Å². The third-order valence-electron chi connectivity index (χ3n) is 5.79. The van der Waals surface area contributed by atoms with Gasteiger partial charge in [0.1, 0.15) is 0 Å². The molecule has 0 aliphatic carbocycles. The summed E-state index contributed by atoms with van der Waals surface area (Å²) in [7, 11) is 0. The van der Waals surface area contributed by atoms with Crippen molar-refractivity contribution in [2.24, 2.45) is 0 Å². The number of nitrogens with zero attached hydrogens (tertiary/aromatic N) is 6. The molecule has 0 radical (unpaired) electrons. The van der Waals surface area contributed by atoms with Crippen molar-refractivity contribution in [3.8, 4) is 0 Å². The molecule has 1 aliphatic rings. The Hall–Kier alpha value is -2.28. The summed E-state index contributed by atoms with van der Waals surface area (Å²) in [6, 6.07) is 19.6. The molecule has 1 saturated heterocycles. The van der Waals surface area contributed by atoms with Gasteiger partial charge in [-0.3, -0.25) is 9.80 Å². The molecule has 0 spiro atoms. The number of halogens is 1. The Morgan fingerprint density at radius 3 is 2.16 bits per heavy atom. The van der Waals surface area contributed by atoms with Crippen LogP contribution in [0.1, 0.15) is 49.3 Å². The molecule has 166 valence electrons. The van der Waals surface area contributed by atoms with E-state index in [0.29, 0.717) is 0 Å². The van der Waals surface area contributed by atoms with E-state index in [2.05, 4.69) is 108 Å². The molecular weight excluding hydrogens is 408 g/mol. The topological polar surface area (TPSA) is 50.1 Å². The fourth-order valence-electron chi connectivity index (χ4n) is 4.14. The Balaban J connectivity index is 0.00000272. The van der Waals surface area contributed by atoms with Gasteiger partial charge in [0.05, 0.1) is 11.6 Å². The van der Waals surface area contributed by atoms with Gasteiger partial charge in [-0.1, -0.05) is 60.2 Å². The Labute approximate surface area is 191 Å². The lowest BCUT2D eigenvalue weighted by Gasteiger charge is -2.39. The molecule has 6 nitrogen and oxygen atoms in total. The van der Waals surface area contributed by atoms with Crippen LogP contribution >= 0.6 is 12.4 Å². The van der Waals surface area contributed by atoms with E-state index in [1.54, 1.807) is 0 Å². The van der Waals surface area contributed by atoms with Crippen molar-refractivity contribution in [3.05, 3.63) is 77.1 Å². The van der Waals surface area contributed by atoms with Crippen molar-refractivity contribution in [3.63, 3.8) is 0 Å². The van der Waals surface area contributed by atoms with E-state index in [4.69, 9.17) is 0 Å². The van der Waals surface area contributed by atoms with Crippen LogP contribution in [0.5, 0.6) is 0 Å². The van der Waals surface area contributed by atoms with Crippen LogP contribution in [0.3, 0.4) is 0 Å². The van der Waals surface area contributed by atoms with Gasteiger partial charge in [-0.2, -0.15) is 0 Å². The molecule has 1 atom stereocenters. The van der Waals surface area contributed by atoms with Gasteiger partial charge in [0.25, 0.3) is 0 Å². The van der Waals surface area contributed by atoms with Gasteiger partial charge in [0.15, 0.2) is 5.82 Å². The van der Waals surface area contributed by atoms with Crippen molar-refractivity contribution < 1.29 is 0 Å². The summed E-state index contributed by atoms with van der Waals surface area (Å²) in [4.78, 5) is 5.06. The van der Waals surface area contributed by atoms with Crippen LogP contribution in [-0.4, -0.2) is 56.2 Å². The molecule has 1 unspecified atom stereocenters. The maximum absolute atomic E-state index is 4.49. The fourth-order valence-corrected chi connectivity index (χ4v) is 4.14. The normalized spacial score (nSPS) is 16.6. The summed E-state index contributed by atoms with van der Waals surface area (Å²) in [5, 5.41) is 12.9. The molecule has 0 amide bonds. The van der Waals surface area contributed by atoms with Crippen LogP contribution in [0.4, 0.5) is 0 Å². The number of hydrogen-bond acceptors (Lipinski definition) is 5. The Morgan fingerprint density at radius 1 is 0.903 bits per heavy atom. The number of piperazine rings is 1. The molecule has 4 rings (SSSR count). The Morgan fingerprint density at radius 2 is 1.55 bits per heavy atom. The predicted octanol–water partition coefficient (Wildman–Crippen LogP) is 4.07. The summed E-state index contributed by atoms with van der Waals surface area (Å²) in [5.74, 6) is 0.919. The third kappa shape index (κ3) is 5.50. The molecule has 3 aromatic rings. The number of hydrogen-bond donors (Lipinski definition) is 0.